The van der Waals surface area contributed by atoms with Gasteiger partial charge in [0.2, 0.25) is 0 Å². The largest absolute Gasteiger partial charge is 0.459 e. The van der Waals surface area contributed by atoms with Crippen LogP contribution >= 0.6 is 0 Å². The van der Waals surface area contributed by atoms with Gasteiger partial charge in [0.05, 0.1) is 122 Å². The second-order valence-electron chi connectivity index (χ2n) is 27.9. The second-order valence-corrected chi connectivity index (χ2v) is 27.9. The number of ether oxygens (including phenoxy) is 15. The summed E-state index contributed by atoms with van der Waals surface area (Å²) in [6, 6.07) is 0. The lowest BCUT2D eigenvalue weighted by Gasteiger charge is -2.57. The van der Waals surface area contributed by atoms with Gasteiger partial charge in [-0.15, -0.1) is 0 Å². The maximum absolute atomic E-state index is 14.7. The highest BCUT2D eigenvalue weighted by Gasteiger charge is 2.70. The third kappa shape index (κ3) is 8.87. The fourth-order valence-corrected chi connectivity index (χ4v) is 18.5. The fraction of sp³-hybridized carbons (Fsp3) is 0.918. The molecule has 16 aliphatic rings. The highest BCUT2D eigenvalue weighted by atomic mass is 16.8. The van der Waals surface area contributed by atoms with Gasteiger partial charge in [0.15, 0.2) is 17.4 Å². The van der Waals surface area contributed by atoms with E-state index in [-0.39, 0.29) is 140 Å². The van der Waals surface area contributed by atoms with E-state index in [1.54, 1.807) is 0 Å². The Morgan fingerprint density at radius 1 is 0.526 bits per heavy atom. The van der Waals surface area contributed by atoms with E-state index in [2.05, 4.69) is 54.7 Å². The highest BCUT2D eigenvalue weighted by molar-refractivity contribution is 5.70. The number of hydrogen-bond donors (Lipinski definition) is 1. The molecule has 3 spiro atoms. The summed E-state index contributed by atoms with van der Waals surface area (Å²) >= 11 is 0. The molecule has 78 heavy (non-hydrogen) atoms. The number of fused-ring (bicyclic) bond motifs is 10. The van der Waals surface area contributed by atoms with Crippen molar-refractivity contribution in [1.29, 1.82) is 0 Å². The quantitative estimate of drug-likeness (QED) is 0.203. The van der Waals surface area contributed by atoms with Crippen LogP contribution in [-0.2, 0) is 75.8 Å². The van der Waals surface area contributed by atoms with Crippen LogP contribution in [0.1, 0.15) is 164 Å². The number of aliphatic hydroxyl groups excluding tert-OH is 1. The molecule has 31 atom stereocenters. The minimum Gasteiger partial charge on any atom is -0.459 e. The average molecular weight is 1090 g/mol. The first-order chi connectivity index (χ1) is 37.4. The topological polar surface area (TPSA) is 176 Å². The third-order valence-corrected chi connectivity index (χ3v) is 22.4. The zero-order valence-electron chi connectivity index (χ0n) is 46.9. The van der Waals surface area contributed by atoms with E-state index < -0.39 is 59.6 Å². The Bertz CT molecular complexity index is 2340. The van der Waals surface area contributed by atoms with Gasteiger partial charge >= 0.3 is 5.97 Å². The van der Waals surface area contributed by atoms with Crippen LogP contribution in [0.3, 0.4) is 0 Å². The van der Waals surface area contributed by atoms with Crippen molar-refractivity contribution in [2.24, 2.45) is 23.7 Å². The SMILES string of the molecule is C=C1C[C@@H]2CC[C@]34C[C@@H]5CC(O3)[C@]3(C)O[C@H]6CC[C@H](CC(=O)O[C@@H]7[C@@H](C)[C@@H]8O[C@@H]9C[C@]%10(C[C@@H]%11O[C@]%12(C[C@H](C)[C@@H]%13O[C@H](CC)[C@H](O)C[C@@H]%13O%12)C[C@H](C)[C@@H]%11O%10)O[C@@H]9C[C@@H]8O[C@H]7C[C@H]7O[C@@H](CC[C@@H]1O2)C[C@@H](C)C7=C)O[C@@H]6[C@H](O4)C3O5. The fourth-order valence-electron chi connectivity index (χ4n) is 18.5. The van der Waals surface area contributed by atoms with Crippen LogP contribution in [0.25, 0.3) is 0 Å². The number of carbonyl (C=O) groups is 1. The van der Waals surface area contributed by atoms with Crippen molar-refractivity contribution in [2.45, 2.75) is 327 Å². The predicted molar refractivity (Wildman–Crippen MR) is 276 cm³/mol. The summed E-state index contributed by atoms with van der Waals surface area (Å²) in [6.07, 6.45) is 6.43. The standard InChI is InChI=1S/C61H88O17/c1-9-39-38(62)20-46-51(69-39)30(4)23-60(74-46)24-31(5)52-48(75-60)27-61(77-52)26-47-43(73-61)22-45-53(70-47)33(7)54-44(68-45)21-42-32(6)28(2)16-34(65-42)10-12-40-29(3)17-36(64-40)14-15-59-25-37-18-49(76-59)58(8)57(67-37)56(78-59)55-41(72-58)13-11-35(66-55)19-50(63)71-54/h28,30-31,33-49,51-57,62H,3,6,9-27H2,1-2,4-5,7-8H3/t28-,30+,31+,33+,34+,35-,36+,37+,38-,39-,40+,41+,42-,43-,44+,45+,46+,47-,48+,49?,51+,52+,53+,54-,55+,56+,57?,58+,59+,60-,61+/m1/s1. The van der Waals surface area contributed by atoms with Crippen LogP contribution in [0.15, 0.2) is 24.3 Å². The van der Waals surface area contributed by atoms with Gasteiger partial charge in [-0.25, -0.2) is 0 Å². The Morgan fingerprint density at radius 2 is 1.26 bits per heavy atom. The Morgan fingerprint density at radius 3 is 2.10 bits per heavy atom. The molecule has 17 heteroatoms. The second kappa shape index (κ2) is 19.4. The molecule has 12 bridgehead atoms. The van der Waals surface area contributed by atoms with Crippen molar-refractivity contribution >= 4 is 5.97 Å². The lowest BCUT2D eigenvalue weighted by atomic mass is 9.75. The predicted octanol–water partition coefficient (Wildman–Crippen LogP) is 7.37. The minimum absolute atomic E-state index is 0.00498. The Hall–Kier alpha value is -1.65. The molecule has 2 unspecified atom stereocenters. The summed E-state index contributed by atoms with van der Waals surface area (Å²) in [7, 11) is 0. The monoisotopic (exact) mass is 1090 g/mol. The summed E-state index contributed by atoms with van der Waals surface area (Å²) < 4.78 is 105. The van der Waals surface area contributed by atoms with E-state index in [0.29, 0.717) is 64.2 Å². The summed E-state index contributed by atoms with van der Waals surface area (Å²) in [6.45, 7) is 22.2. The molecular formula is C61H88O17. The number of rotatable bonds is 1. The van der Waals surface area contributed by atoms with Crippen molar-refractivity contribution < 1.29 is 81.0 Å². The molecule has 16 rings (SSSR count). The first-order valence-corrected chi connectivity index (χ1v) is 31.0. The van der Waals surface area contributed by atoms with Gasteiger partial charge in [0, 0.05) is 70.1 Å². The van der Waals surface area contributed by atoms with E-state index in [4.69, 9.17) is 71.1 Å². The molecule has 0 amide bonds. The lowest BCUT2D eigenvalue weighted by molar-refractivity contribution is -0.371. The molecular weight excluding hydrogens is 1000 g/mol. The van der Waals surface area contributed by atoms with E-state index in [1.165, 1.54) is 0 Å². The summed E-state index contributed by atoms with van der Waals surface area (Å²) in [5.41, 5.74) is 1.49. The molecule has 0 saturated carbocycles. The zero-order valence-corrected chi connectivity index (χ0v) is 46.9. The van der Waals surface area contributed by atoms with Crippen LogP contribution in [0.5, 0.6) is 0 Å². The maximum Gasteiger partial charge on any atom is 0.308 e. The van der Waals surface area contributed by atoms with Gasteiger partial charge in [0.25, 0.3) is 0 Å². The molecule has 0 aromatic carbocycles. The van der Waals surface area contributed by atoms with Crippen molar-refractivity contribution in [2.75, 3.05) is 0 Å². The molecule has 434 valence electrons. The first-order valence-electron chi connectivity index (χ1n) is 31.0. The molecule has 0 aromatic rings. The summed E-state index contributed by atoms with van der Waals surface area (Å²) in [5, 5.41) is 11.0. The minimum atomic E-state index is -0.886. The first kappa shape index (κ1) is 53.1. The van der Waals surface area contributed by atoms with Gasteiger partial charge < -0.3 is 76.2 Å². The van der Waals surface area contributed by atoms with Crippen LogP contribution in [0, 0.1) is 23.7 Å². The number of aliphatic hydroxyl groups is 1. The van der Waals surface area contributed by atoms with Gasteiger partial charge in [-0.05, 0) is 87.2 Å². The van der Waals surface area contributed by atoms with Crippen LogP contribution in [0.4, 0.5) is 0 Å². The van der Waals surface area contributed by atoms with E-state index in [1.807, 2.05) is 0 Å². The molecule has 0 aliphatic carbocycles. The maximum atomic E-state index is 14.7. The molecule has 16 saturated heterocycles. The normalized spacial score (nSPS) is 59.2. The Balaban J connectivity index is 0.674. The number of hydrogen-bond acceptors (Lipinski definition) is 17. The number of esters is 1. The number of carbonyl (C=O) groups excluding carboxylic acids is 1. The van der Waals surface area contributed by atoms with E-state index in [9.17, 15) is 9.90 Å². The zero-order chi connectivity index (χ0) is 53.4. The van der Waals surface area contributed by atoms with Gasteiger partial charge in [-0.2, -0.15) is 0 Å². The molecule has 16 heterocycles. The van der Waals surface area contributed by atoms with Crippen LogP contribution < -0.4 is 0 Å². The lowest BCUT2D eigenvalue weighted by Crippen LogP contribution is -2.71. The highest BCUT2D eigenvalue weighted by Crippen LogP contribution is 2.58. The van der Waals surface area contributed by atoms with Crippen molar-refractivity contribution in [3.63, 3.8) is 0 Å². The average Bonchev–Trinajstić information content (AvgIpc) is 4.13. The van der Waals surface area contributed by atoms with Crippen LogP contribution in [0.2, 0.25) is 0 Å². The molecule has 16 aliphatic heterocycles. The third-order valence-electron chi connectivity index (χ3n) is 22.4. The molecule has 17 nitrogen and oxygen atoms in total. The Labute approximate surface area is 460 Å². The van der Waals surface area contributed by atoms with Crippen molar-refractivity contribution in [3.8, 4) is 0 Å². The summed E-state index contributed by atoms with van der Waals surface area (Å²) in [5.74, 6) is -2.49. The van der Waals surface area contributed by atoms with Crippen LogP contribution in [-0.4, -0.2) is 174 Å². The smallest absolute Gasteiger partial charge is 0.308 e. The van der Waals surface area contributed by atoms with Gasteiger partial charge in [-0.3, -0.25) is 4.79 Å². The van der Waals surface area contributed by atoms with Crippen molar-refractivity contribution in [3.05, 3.63) is 24.3 Å². The molecule has 16 fully saturated rings. The molecule has 1 N–H and O–H groups in total. The Kier molecular flexibility index (Phi) is 13.2. The van der Waals surface area contributed by atoms with Crippen molar-refractivity contribution in [1.82, 2.24) is 0 Å². The van der Waals surface area contributed by atoms with E-state index >= 15 is 0 Å². The molecule has 0 aromatic heterocycles. The molecule has 0 radical (unpaired) electrons. The van der Waals surface area contributed by atoms with Gasteiger partial charge in [0.1, 0.15) is 30.0 Å². The summed E-state index contributed by atoms with van der Waals surface area (Å²) in [4.78, 5) is 14.7. The van der Waals surface area contributed by atoms with E-state index in [0.717, 1.165) is 62.5 Å². The van der Waals surface area contributed by atoms with Gasteiger partial charge in [-0.1, -0.05) is 47.8 Å².